The van der Waals surface area contributed by atoms with E-state index >= 15 is 0 Å². The number of ether oxygens (including phenoxy) is 1. The van der Waals surface area contributed by atoms with E-state index < -0.39 is 0 Å². The van der Waals surface area contributed by atoms with E-state index in [4.69, 9.17) is 4.74 Å². The average molecular weight is 357 g/mol. The number of pyridine rings is 1. The quantitative estimate of drug-likeness (QED) is 0.671. The Hall–Kier alpha value is -2.25. The Morgan fingerprint density at radius 2 is 2.04 bits per heavy atom. The Morgan fingerprint density at radius 3 is 2.76 bits per heavy atom. The summed E-state index contributed by atoms with van der Waals surface area (Å²) in [6.07, 6.45) is 1.73. The molecule has 1 aliphatic heterocycles. The van der Waals surface area contributed by atoms with Gasteiger partial charge < -0.3 is 9.64 Å². The number of aryl methyl sites for hydroxylation is 1. The fraction of sp³-hybridized carbons (Fsp3) is 0.389. The molecule has 1 fully saturated rings. The van der Waals surface area contributed by atoms with Gasteiger partial charge in [-0.2, -0.15) is 0 Å². The Kier molecular flexibility index (Phi) is 3.85. The monoisotopic (exact) mass is 357 g/mol. The fourth-order valence-electron chi connectivity index (χ4n) is 3.36. The van der Waals surface area contributed by atoms with Crippen LogP contribution >= 0.6 is 11.3 Å². The second kappa shape index (κ2) is 5.93. The molecule has 7 heteroatoms. The minimum absolute atomic E-state index is 0.0102. The zero-order valence-corrected chi connectivity index (χ0v) is 15.2. The molecule has 0 spiro atoms. The van der Waals surface area contributed by atoms with Crippen molar-refractivity contribution in [3.8, 4) is 0 Å². The maximum absolute atomic E-state index is 12.9. The molecule has 2 unspecified atom stereocenters. The van der Waals surface area contributed by atoms with Gasteiger partial charge in [-0.3, -0.25) is 14.0 Å². The van der Waals surface area contributed by atoms with Crippen LogP contribution in [0.5, 0.6) is 0 Å². The number of hydrogen-bond donors (Lipinski definition) is 0. The van der Waals surface area contributed by atoms with E-state index in [0.717, 1.165) is 5.56 Å². The Labute approximate surface area is 148 Å². The van der Waals surface area contributed by atoms with Crippen molar-refractivity contribution >= 4 is 33.1 Å². The lowest BCUT2D eigenvalue weighted by Crippen LogP contribution is -2.48. The van der Waals surface area contributed by atoms with Crippen molar-refractivity contribution < 1.29 is 9.53 Å². The first kappa shape index (κ1) is 16.2. The summed E-state index contributed by atoms with van der Waals surface area (Å²) in [5.41, 5.74) is 1.43. The molecule has 0 radical (unpaired) electrons. The largest absolute Gasteiger partial charge is 0.372 e. The summed E-state index contributed by atoms with van der Waals surface area (Å²) in [6, 6.07) is 5.42. The highest BCUT2D eigenvalue weighted by Gasteiger charge is 2.28. The second-order valence-electron chi connectivity index (χ2n) is 6.60. The highest BCUT2D eigenvalue weighted by atomic mass is 32.1. The molecule has 25 heavy (non-hydrogen) atoms. The van der Waals surface area contributed by atoms with Gasteiger partial charge in [-0.25, -0.2) is 4.98 Å². The molecule has 2 atom stereocenters. The second-order valence-corrected chi connectivity index (χ2v) is 7.63. The van der Waals surface area contributed by atoms with Gasteiger partial charge >= 0.3 is 0 Å². The van der Waals surface area contributed by atoms with Crippen LogP contribution in [0, 0.1) is 6.92 Å². The molecular weight excluding hydrogens is 338 g/mol. The number of carbonyl (C=O) groups is 1. The van der Waals surface area contributed by atoms with E-state index in [1.54, 1.807) is 17.2 Å². The van der Waals surface area contributed by atoms with Gasteiger partial charge in [-0.1, -0.05) is 6.07 Å². The number of fused-ring (bicyclic) bond motifs is 2. The lowest BCUT2D eigenvalue weighted by Gasteiger charge is -2.35. The van der Waals surface area contributed by atoms with Crippen LogP contribution in [0.1, 0.15) is 29.1 Å². The molecule has 6 nitrogen and oxygen atoms in total. The van der Waals surface area contributed by atoms with Crippen molar-refractivity contribution in [1.82, 2.24) is 14.3 Å². The minimum atomic E-state index is -0.136. The van der Waals surface area contributed by atoms with Crippen LogP contribution in [-0.4, -0.2) is 45.5 Å². The fourth-order valence-corrected chi connectivity index (χ4v) is 4.35. The van der Waals surface area contributed by atoms with Gasteiger partial charge in [0.2, 0.25) is 0 Å². The normalized spacial score (nSPS) is 21.2. The standard InChI is InChI=1S/C18H19N3O3S/c1-10-5-4-6-21-15(10)19-16-13(17(21)22)7-14(25-16)18(23)20-8-11(2)24-12(3)9-20/h4-7,11-12H,8-9H2,1-3H3. The summed E-state index contributed by atoms with van der Waals surface area (Å²) < 4.78 is 7.23. The lowest BCUT2D eigenvalue weighted by molar-refractivity contribution is -0.0585. The van der Waals surface area contributed by atoms with Gasteiger partial charge in [0, 0.05) is 19.3 Å². The van der Waals surface area contributed by atoms with E-state index in [2.05, 4.69) is 4.98 Å². The Morgan fingerprint density at radius 1 is 1.32 bits per heavy atom. The molecule has 4 rings (SSSR count). The van der Waals surface area contributed by atoms with Gasteiger partial charge in [0.15, 0.2) is 0 Å². The molecule has 3 aromatic rings. The third-order valence-corrected chi connectivity index (χ3v) is 5.47. The zero-order chi connectivity index (χ0) is 17.7. The summed E-state index contributed by atoms with van der Waals surface area (Å²) in [4.78, 5) is 33.2. The van der Waals surface area contributed by atoms with Gasteiger partial charge in [-0.15, -0.1) is 11.3 Å². The van der Waals surface area contributed by atoms with E-state index in [0.29, 0.717) is 33.8 Å². The molecule has 0 N–H and O–H groups in total. The van der Waals surface area contributed by atoms with E-state index in [-0.39, 0.29) is 23.7 Å². The van der Waals surface area contributed by atoms with Crippen LogP contribution in [0.25, 0.3) is 15.9 Å². The first-order valence-corrected chi connectivity index (χ1v) is 9.12. The molecular formula is C18H19N3O3S. The van der Waals surface area contributed by atoms with Crippen LogP contribution in [-0.2, 0) is 4.74 Å². The smallest absolute Gasteiger partial charge is 0.266 e. The Balaban J connectivity index is 1.80. The molecule has 3 aromatic heterocycles. The number of hydrogen-bond acceptors (Lipinski definition) is 5. The SMILES string of the molecule is Cc1cccn2c(=O)c3cc(C(=O)N4CC(C)OC(C)C4)sc3nc12. The molecule has 1 aliphatic rings. The van der Waals surface area contributed by atoms with Crippen molar-refractivity contribution in [2.45, 2.75) is 33.0 Å². The van der Waals surface area contributed by atoms with Crippen molar-refractivity contribution in [2.24, 2.45) is 0 Å². The van der Waals surface area contributed by atoms with E-state index in [1.165, 1.54) is 15.7 Å². The molecule has 0 aliphatic carbocycles. The summed E-state index contributed by atoms with van der Waals surface area (Å²) in [7, 11) is 0. The molecule has 130 valence electrons. The van der Waals surface area contributed by atoms with Crippen LogP contribution in [0.4, 0.5) is 0 Å². The number of carbonyl (C=O) groups excluding carboxylic acids is 1. The van der Waals surface area contributed by atoms with Crippen molar-refractivity contribution in [1.29, 1.82) is 0 Å². The van der Waals surface area contributed by atoms with Crippen LogP contribution in [0.3, 0.4) is 0 Å². The number of amides is 1. The lowest BCUT2D eigenvalue weighted by atomic mass is 10.2. The third kappa shape index (κ3) is 2.73. The summed E-state index contributed by atoms with van der Waals surface area (Å²) in [5.74, 6) is -0.0600. The van der Waals surface area contributed by atoms with Crippen LogP contribution in [0.2, 0.25) is 0 Å². The summed E-state index contributed by atoms with van der Waals surface area (Å²) in [6.45, 7) is 6.97. The number of thiophene rings is 1. The van der Waals surface area contributed by atoms with Gasteiger partial charge in [0.25, 0.3) is 11.5 Å². The number of rotatable bonds is 1. The number of nitrogens with zero attached hydrogens (tertiary/aromatic N) is 3. The topological polar surface area (TPSA) is 63.9 Å². The summed E-state index contributed by atoms with van der Waals surface area (Å²) >= 11 is 1.28. The van der Waals surface area contributed by atoms with E-state index in [9.17, 15) is 9.59 Å². The average Bonchev–Trinajstić information content (AvgIpc) is 2.99. The molecule has 1 amide bonds. The predicted octanol–water partition coefficient (Wildman–Crippen LogP) is 2.47. The third-order valence-electron chi connectivity index (χ3n) is 4.45. The zero-order valence-electron chi connectivity index (χ0n) is 14.4. The highest BCUT2D eigenvalue weighted by Crippen LogP contribution is 2.25. The molecule has 0 aromatic carbocycles. The molecule has 0 saturated carbocycles. The van der Waals surface area contributed by atoms with Gasteiger partial charge in [0.05, 0.1) is 22.5 Å². The first-order chi connectivity index (χ1) is 11.9. The number of aromatic nitrogens is 2. The minimum Gasteiger partial charge on any atom is -0.372 e. The van der Waals surface area contributed by atoms with Gasteiger partial charge in [-0.05, 0) is 38.5 Å². The Bertz CT molecular complexity index is 1030. The van der Waals surface area contributed by atoms with Crippen LogP contribution < -0.4 is 5.56 Å². The molecule has 1 saturated heterocycles. The van der Waals surface area contributed by atoms with Crippen molar-refractivity contribution in [3.05, 3.63) is 45.2 Å². The number of morpholine rings is 1. The van der Waals surface area contributed by atoms with Gasteiger partial charge in [0.1, 0.15) is 10.5 Å². The molecule has 4 heterocycles. The van der Waals surface area contributed by atoms with E-state index in [1.807, 2.05) is 32.9 Å². The molecule has 0 bridgehead atoms. The van der Waals surface area contributed by atoms with Crippen molar-refractivity contribution in [2.75, 3.05) is 13.1 Å². The predicted molar refractivity (Wildman–Crippen MR) is 97.5 cm³/mol. The maximum atomic E-state index is 12.9. The first-order valence-electron chi connectivity index (χ1n) is 8.30. The summed E-state index contributed by atoms with van der Waals surface area (Å²) in [5, 5.41) is 0.491. The van der Waals surface area contributed by atoms with Crippen LogP contribution in [0.15, 0.2) is 29.2 Å². The van der Waals surface area contributed by atoms with Crippen molar-refractivity contribution in [3.63, 3.8) is 0 Å². The highest BCUT2D eigenvalue weighted by molar-refractivity contribution is 7.20. The maximum Gasteiger partial charge on any atom is 0.266 e.